The number of rotatable bonds is 6. The van der Waals surface area contributed by atoms with Crippen molar-refractivity contribution in [3.63, 3.8) is 0 Å². The van der Waals surface area contributed by atoms with E-state index in [1.807, 2.05) is 0 Å². The van der Waals surface area contributed by atoms with Crippen LogP contribution in [-0.4, -0.2) is 19.8 Å². The zero-order valence-electron chi connectivity index (χ0n) is 12.6. The molecule has 20 heavy (non-hydrogen) atoms. The highest BCUT2D eigenvalue weighted by atomic mass is 35.5. The summed E-state index contributed by atoms with van der Waals surface area (Å²) >= 11 is 6.46. The van der Waals surface area contributed by atoms with Gasteiger partial charge in [0.1, 0.15) is 0 Å². The Morgan fingerprint density at radius 1 is 1.35 bits per heavy atom. The maximum Gasteiger partial charge on any atom is 0.0468 e. The standard InChI is InChI=1S/C17H26ClNO/c1-3-8-19-17(12-14-6-9-20-10-7-14)15-5-4-13(2)11-16(15)18/h4-5,11,14,17,19H,3,6-10,12H2,1-2H3. The lowest BCUT2D eigenvalue weighted by molar-refractivity contribution is 0.0605. The van der Waals surface area contributed by atoms with Gasteiger partial charge in [0.25, 0.3) is 0 Å². The lowest BCUT2D eigenvalue weighted by Gasteiger charge is -2.28. The summed E-state index contributed by atoms with van der Waals surface area (Å²) in [6.07, 6.45) is 4.65. The smallest absolute Gasteiger partial charge is 0.0468 e. The molecule has 1 heterocycles. The summed E-state index contributed by atoms with van der Waals surface area (Å²) in [5.41, 5.74) is 2.47. The largest absolute Gasteiger partial charge is 0.381 e. The van der Waals surface area contributed by atoms with Crippen LogP contribution in [0.5, 0.6) is 0 Å². The van der Waals surface area contributed by atoms with E-state index in [2.05, 4.69) is 37.4 Å². The minimum atomic E-state index is 0.367. The predicted molar refractivity (Wildman–Crippen MR) is 85.4 cm³/mol. The average molecular weight is 296 g/mol. The van der Waals surface area contributed by atoms with Gasteiger partial charge in [0, 0.05) is 24.3 Å². The van der Waals surface area contributed by atoms with Gasteiger partial charge >= 0.3 is 0 Å². The molecule has 1 saturated heterocycles. The van der Waals surface area contributed by atoms with E-state index >= 15 is 0 Å². The van der Waals surface area contributed by atoms with Crippen LogP contribution in [0.15, 0.2) is 18.2 Å². The van der Waals surface area contributed by atoms with E-state index in [1.165, 1.54) is 24.0 Å². The van der Waals surface area contributed by atoms with E-state index in [0.717, 1.165) is 43.5 Å². The number of nitrogens with one attached hydrogen (secondary N) is 1. The number of aryl methyl sites for hydroxylation is 1. The van der Waals surface area contributed by atoms with E-state index in [0.29, 0.717) is 6.04 Å². The van der Waals surface area contributed by atoms with Crippen molar-refractivity contribution in [2.45, 2.75) is 45.6 Å². The Balaban J connectivity index is 2.08. The summed E-state index contributed by atoms with van der Waals surface area (Å²) < 4.78 is 5.46. The fourth-order valence-corrected chi connectivity index (χ4v) is 3.24. The number of benzene rings is 1. The molecule has 3 heteroatoms. The Morgan fingerprint density at radius 3 is 2.75 bits per heavy atom. The van der Waals surface area contributed by atoms with Gasteiger partial charge < -0.3 is 10.1 Å². The average Bonchev–Trinajstić information content (AvgIpc) is 2.45. The zero-order valence-corrected chi connectivity index (χ0v) is 13.4. The van der Waals surface area contributed by atoms with Crippen LogP contribution in [-0.2, 0) is 4.74 Å². The third-order valence-corrected chi connectivity index (χ3v) is 4.41. The molecule has 1 aromatic carbocycles. The van der Waals surface area contributed by atoms with Crippen molar-refractivity contribution in [1.29, 1.82) is 0 Å². The molecule has 1 N–H and O–H groups in total. The summed E-state index contributed by atoms with van der Waals surface area (Å²) in [7, 11) is 0. The van der Waals surface area contributed by atoms with Gasteiger partial charge in [-0.25, -0.2) is 0 Å². The third kappa shape index (κ3) is 4.47. The Hall–Kier alpha value is -0.570. The number of halogens is 1. The molecule has 1 unspecified atom stereocenters. The van der Waals surface area contributed by atoms with Crippen LogP contribution in [0.3, 0.4) is 0 Å². The molecule has 2 nitrogen and oxygen atoms in total. The lowest BCUT2D eigenvalue weighted by Crippen LogP contribution is -2.27. The maximum absolute atomic E-state index is 6.46. The number of hydrogen-bond donors (Lipinski definition) is 1. The maximum atomic E-state index is 6.46. The molecule has 0 aromatic heterocycles. The van der Waals surface area contributed by atoms with E-state index in [4.69, 9.17) is 16.3 Å². The van der Waals surface area contributed by atoms with Crippen LogP contribution in [0, 0.1) is 12.8 Å². The molecule has 0 spiro atoms. The first kappa shape index (κ1) is 15.8. The highest BCUT2D eigenvalue weighted by molar-refractivity contribution is 6.31. The Bertz CT molecular complexity index is 415. The molecule has 2 rings (SSSR count). The van der Waals surface area contributed by atoms with E-state index in [-0.39, 0.29) is 0 Å². The van der Waals surface area contributed by atoms with Crippen molar-refractivity contribution in [2.24, 2.45) is 5.92 Å². The topological polar surface area (TPSA) is 21.3 Å². The third-order valence-electron chi connectivity index (χ3n) is 4.08. The van der Waals surface area contributed by atoms with Crippen LogP contribution >= 0.6 is 11.6 Å². The summed E-state index contributed by atoms with van der Waals surface area (Å²) in [5, 5.41) is 4.56. The minimum absolute atomic E-state index is 0.367. The number of hydrogen-bond acceptors (Lipinski definition) is 2. The molecule has 0 amide bonds. The molecule has 0 saturated carbocycles. The molecule has 1 aliphatic heterocycles. The Labute approximate surface area is 127 Å². The van der Waals surface area contributed by atoms with Crippen molar-refractivity contribution in [2.75, 3.05) is 19.8 Å². The van der Waals surface area contributed by atoms with Crippen LogP contribution < -0.4 is 5.32 Å². The van der Waals surface area contributed by atoms with Crippen molar-refractivity contribution < 1.29 is 4.74 Å². The van der Waals surface area contributed by atoms with E-state index in [9.17, 15) is 0 Å². The molecule has 0 aliphatic carbocycles. The van der Waals surface area contributed by atoms with Crippen LogP contribution in [0.4, 0.5) is 0 Å². The molecular weight excluding hydrogens is 270 g/mol. The van der Waals surface area contributed by atoms with Crippen molar-refractivity contribution >= 4 is 11.6 Å². The highest BCUT2D eigenvalue weighted by Gasteiger charge is 2.21. The van der Waals surface area contributed by atoms with Crippen LogP contribution in [0.2, 0.25) is 5.02 Å². The highest BCUT2D eigenvalue weighted by Crippen LogP contribution is 2.31. The summed E-state index contributed by atoms with van der Waals surface area (Å²) in [6, 6.07) is 6.78. The fraction of sp³-hybridized carbons (Fsp3) is 0.647. The fourth-order valence-electron chi connectivity index (χ4n) is 2.87. The first-order chi connectivity index (χ1) is 9.70. The van der Waals surface area contributed by atoms with Crippen LogP contribution in [0.25, 0.3) is 0 Å². The predicted octanol–water partition coefficient (Wildman–Crippen LogP) is 4.51. The molecule has 0 radical (unpaired) electrons. The number of ether oxygens (including phenoxy) is 1. The molecule has 1 aromatic rings. The van der Waals surface area contributed by atoms with Gasteiger partial charge in [0.2, 0.25) is 0 Å². The van der Waals surface area contributed by atoms with Crippen molar-refractivity contribution in [1.82, 2.24) is 5.32 Å². The summed E-state index contributed by atoms with van der Waals surface area (Å²) in [6.45, 7) is 7.15. The van der Waals surface area contributed by atoms with Gasteiger partial charge in [0.05, 0.1) is 0 Å². The van der Waals surface area contributed by atoms with E-state index < -0.39 is 0 Å². The quantitative estimate of drug-likeness (QED) is 0.834. The summed E-state index contributed by atoms with van der Waals surface area (Å²) in [4.78, 5) is 0. The van der Waals surface area contributed by atoms with Gasteiger partial charge in [-0.3, -0.25) is 0 Å². The van der Waals surface area contributed by atoms with E-state index in [1.54, 1.807) is 0 Å². The van der Waals surface area contributed by atoms with Gasteiger partial charge in [-0.05, 0) is 62.3 Å². The van der Waals surface area contributed by atoms with Gasteiger partial charge in [-0.1, -0.05) is 30.7 Å². The second kappa shape index (κ2) is 8.02. The molecule has 0 bridgehead atoms. The van der Waals surface area contributed by atoms with Crippen molar-refractivity contribution in [3.05, 3.63) is 34.3 Å². The van der Waals surface area contributed by atoms with Crippen molar-refractivity contribution in [3.8, 4) is 0 Å². The molecular formula is C17H26ClNO. The molecule has 1 aliphatic rings. The first-order valence-corrected chi connectivity index (χ1v) is 8.15. The van der Waals surface area contributed by atoms with Gasteiger partial charge in [0.15, 0.2) is 0 Å². The Morgan fingerprint density at radius 2 is 2.10 bits per heavy atom. The molecule has 1 fully saturated rings. The van der Waals surface area contributed by atoms with Gasteiger partial charge in [-0.15, -0.1) is 0 Å². The zero-order chi connectivity index (χ0) is 14.4. The first-order valence-electron chi connectivity index (χ1n) is 7.78. The minimum Gasteiger partial charge on any atom is -0.381 e. The van der Waals surface area contributed by atoms with Crippen LogP contribution in [0.1, 0.15) is 49.8 Å². The normalized spacial score (nSPS) is 18.1. The summed E-state index contributed by atoms with van der Waals surface area (Å²) in [5.74, 6) is 0.746. The molecule has 112 valence electrons. The second-order valence-electron chi connectivity index (χ2n) is 5.82. The Kier molecular flexibility index (Phi) is 6.34. The second-order valence-corrected chi connectivity index (χ2v) is 6.23. The SMILES string of the molecule is CCCNC(CC1CCOCC1)c1ccc(C)cc1Cl. The lowest BCUT2D eigenvalue weighted by atomic mass is 9.89. The molecule has 1 atom stereocenters. The monoisotopic (exact) mass is 295 g/mol. The van der Waals surface area contributed by atoms with Gasteiger partial charge in [-0.2, -0.15) is 0 Å².